The van der Waals surface area contributed by atoms with Crippen molar-refractivity contribution < 1.29 is 22.5 Å². The molecule has 0 atom stereocenters. The molecule has 0 saturated carbocycles. The smallest absolute Gasteiger partial charge is 0.311 e. The zero-order chi connectivity index (χ0) is 13.5. The number of esters is 1. The van der Waals surface area contributed by atoms with Crippen LogP contribution in [-0.4, -0.2) is 31.3 Å². The molecule has 0 rings (SSSR count). The molecule has 0 aliphatic carbocycles. The van der Waals surface area contributed by atoms with E-state index in [1.165, 1.54) is 0 Å². The van der Waals surface area contributed by atoms with Crippen molar-refractivity contribution in [1.29, 1.82) is 0 Å². The van der Waals surface area contributed by atoms with Gasteiger partial charge >= 0.3 is 5.97 Å². The molecule has 0 bridgehead atoms. The lowest BCUT2D eigenvalue weighted by molar-refractivity contribution is -0.154. The third kappa shape index (κ3) is 8.15. The van der Waals surface area contributed by atoms with Gasteiger partial charge in [-0.3, -0.25) is 9.35 Å². The lowest BCUT2D eigenvalue weighted by atomic mass is 9.91. The monoisotopic (exact) mass is 266 g/mol. The first-order valence-corrected chi connectivity index (χ1v) is 7.42. The number of carbonyl (C=O) groups excluding carboxylic acids is 1. The average molecular weight is 266 g/mol. The topological polar surface area (TPSA) is 80.7 Å². The second kappa shape index (κ2) is 6.96. The lowest BCUT2D eigenvalue weighted by Gasteiger charge is -2.20. The third-order valence-corrected chi connectivity index (χ3v) is 3.52. The van der Waals surface area contributed by atoms with Crippen LogP contribution in [0.4, 0.5) is 0 Å². The standard InChI is InChI=1S/C11H22O5S/c1-4-11(2,3)10(12)16-8-6-5-7-9-17(13,14)15/h4-9H2,1-3H3,(H,13,14,15). The first kappa shape index (κ1) is 16.4. The van der Waals surface area contributed by atoms with Crippen LogP contribution in [0.3, 0.4) is 0 Å². The highest BCUT2D eigenvalue weighted by Gasteiger charge is 2.26. The number of hydrogen-bond donors (Lipinski definition) is 1. The Kier molecular flexibility index (Phi) is 6.70. The van der Waals surface area contributed by atoms with Crippen molar-refractivity contribution in [2.24, 2.45) is 5.41 Å². The van der Waals surface area contributed by atoms with Crippen LogP contribution in [0, 0.1) is 5.41 Å². The van der Waals surface area contributed by atoms with E-state index in [0.717, 1.165) is 0 Å². The zero-order valence-corrected chi connectivity index (χ0v) is 11.5. The van der Waals surface area contributed by atoms with Crippen LogP contribution in [-0.2, 0) is 19.6 Å². The van der Waals surface area contributed by atoms with E-state index in [0.29, 0.717) is 32.3 Å². The summed E-state index contributed by atoms with van der Waals surface area (Å²) in [6.07, 6.45) is 2.32. The van der Waals surface area contributed by atoms with Crippen molar-refractivity contribution in [3.05, 3.63) is 0 Å². The Labute approximate surface area is 103 Å². The summed E-state index contributed by atoms with van der Waals surface area (Å²) in [5.74, 6) is -0.462. The van der Waals surface area contributed by atoms with Gasteiger partial charge in [0.25, 0.3) is 10.1 Å². The predicted molar refractivity (Wildman–Crippen MR) is 65.3 cm³/mol. The Hall–Kier alpha value is -0.620. The minimum Gasteiger partial charge on any atom is -0.465 e. The first-order valence-electron chi connectivity index (χ1n) is 5.81. The van der Waals surface area contributed by atoms with Gasteiger partial charge in [0.2, 0.25) is 0 Å². The van der Waals surface area contributed by atoms with Crippen LogP contribution in [0.1, 0.15) is 46.5 Å². The molecule has 0 aromatic heterocycles. The fraction of sp³-hybridized carbons (Fsp3) is 0.909. The van der Waals surface area contributed by atoms with Gasteiger partial charge in [0.05, 0.1) is 17.8 Å². The Balaban J connectivity index is 3.63. The van der Waals surface area contributed by atoms with Crippen LogP contribution in [0.15, 0.2) is 0 Å². The molecule has 0 saturated heterocycles. The molecule has 0 heterocycles. The second-order valence-electron chi connectivity index (χ2n) is 4.72. The zero-order valence-electron chi connectivity index (χ0n) is 10.7. The van der Waals surface area contributed by atoms with Gasteiger partial charge in [0.1, 0.15) is 0 Å². The summed E-state index contributed by atoms with van der Waals surface area (Å²) in [5.41, 5.74) is -0.464. The van der Waals surface area contributed by atoms with Gasteiger partial charge in [0, 0.05) is 0 Å². The van der Waals surface area contributed by atoms with Gasteiger partial charge in [-0.05, 0) is 39.5 Å². The fourth-order valence-electron chi connectivity index (χ4n) is 1.07. The van der Waals surface area contributed by atoms with E-state index >= 15 is 0 Å². The van der Waals surface area contributed by atoms with Crippen LogP contribution in [0.5, 0.6) is 0 Å². The number of unbranched alkanes of at least 4 members (excludes halogenated alkanes) is 2. The normalized spacial score (nSPS) is 12.5. The molecule has 0 aliphatic rings. The van der Waals surface area contributed by atoms with Gasteiger partial charge < -0.3 is 4.74 Å². The Bertz CT molecular complexity index is 332. The molecular weight excluding hydrogens is 244 g/mol. The number of hydrogen-bond acceptors (Lipinski definition) is 4. The molecule has 0 fully saturated rings. The van der Waals surface area contributed by atoms with Crippen molar-refractivity contribution in [3.8, 4) is 0 Å². The number of ether oxygens (including phenoxy) is 1. The molecule has 1 N–H and O–H groups in total. The van der Waals surface area contributed by atoms with Crippen LogP contribution >= 0.6 is 0 Å². The SMILES string of the molecule is CCC(C)(C)C(=O)OCCCCCS(=O)(=O)O. The molecule has 17 heavy (non-hydrogen) atoms. The first-order chi connectivity index (χ1) is 7.69. The fourth-order valence-corrected chi connectivity index (χ4v) is 1.64. The third-order valence-electron chi connectivity index (χ3n) is 2.72. The summed E-state index contributed by atoms with van der Waals surface area (Å²) in [5, 5.41) is 0. The van der Waals surface area contributed by atoms with E-state index in [1.807, 2.05) is 20.8 Å². The molecule has 0 aliphatic heterocycles. The maximum atomic E-state index is 11.5. The summed E-state index contributed by atoms with van der Waals surface area (Å²) in [4.78, 5) is 11.5. The molecule has 0 aromatic carbocycles. The molecule has 6 heteroatoms. The van der Waals surface area contributed by atoms with E-state index in [1.54, 1.807) is 0 Å². The molecule has 5 nitrogen and oxygen atoms in total. The summed E-state index contributed by atoms with van der Waals surface area (Å²) in [6, 6.07) is 0. The highest BCUT2D eigenvalue weighted by atomic mass is 32.2. The predicted octanol–water partition coefficient (Wildman–Crippen LogP) is 2.02. The molecule has 0 spiro atoms. The highest BCUT2D eigenvalue weighted by molar-refractivity contribution is 7.85. The maximum Gasteiger partial charge on any atom is 0.311 e. The second-order valence-corrected chi connectivity index (χ2v) is 6.29. The van der Waals surface area contributed by atoms with Gasteiger partial charge in [-0.15, -0.1) is 0 Å². The molecule has 0 amide bonds. The van der Waals surface area contributed by atoms with E-state index in [9.17, 15) is 13.2 Å². The lowest BCUT2D eigenvalue weighted by Crippen LogP contribution is -2.26. The van der Waals surface area contributed by atoms with E-state index in [2.05, 4.69) is 0 Å². The van der Waals surface area contributed by atoms with Crippen molar-refractivity contribution in [2.75, 3.05) is 12.4 Å². The average Bonchev–Trinajstić information content (AvgIpc) is 2.21. The highest BCUT2D eigenvalue weighted by Crippen LogP contribution is 2.21. The minimum absolute atomic E-state index is 0.227. The maximum absolute atomic E-state index is 11.5. The van der Waals surface area contributed by atoms with Crippen LogP contribution < -0.4 is 0 Å². The van der Waals surface area contributed by atoms with Gasteiger partial charge in [-0.25, -0.2) is 0 Å². The molecule has 0 radical (unpaired) electrons. The summed E-state index contributed by atoms with van der Waals surface area (Å²) >= 11 is 0. The van der Waals surface area contributed by atoms with Gasteiger partial charge in [-0.2, -0.15) is 8.42 Å². The minimum atomic E-state index is -3.86. The summed E-state index contributed by atoms with van der Waals surface area (Å²) in [6.45, 7) is 5.88. The Morgan fingerprint density at radius 2 is 1.82 bits per heavy atom. The van der Waals surface area contributed by atoms with E-state index < -0.39 is 15.5 Å². The summed E-state index contributed by atoms with van der Waals surface area (Å²) in [7, 11) is -3.86. The van der Waals surface area contributed by atoms with E-state index in [-0.39, 0.29) is 11.7 Å². The van der Waals surface area contributed by atoms with Crippen molar-refractivity contribution in [2.45, 2.75) is 46.5 Å². The van der Waals surface area contributed by atoms with Gasteiger partial charge in [0.15, 0.2) is 0 Å². The largest absolute Gasteiger partial charge is 0.465 e. The quantitative estimate of drug-likeness (QED) is 0.413. The summed E-state index contributed by atoms with van der Waals surface area (Å²) < 4.78 is 34.4. The van der Waals surface area contributed by atoms with Gasteiger partial charge in [-0.1, -0.05) is 6.92 Å². The van der Waals surface area contributed by atoms with Crippen LogP contribution in [0.25, 0.3) is 0 Å². The molecule has 102 valence electrons. The van der Waals surface area contributed by atoms with E-state index in [4.69, 9.17) is 9.29 Å². The Morgan fingerprint density at radius 3 is 2.29 bits per heavy atom. The number of carbonyl (C=O) groups is 1. The van der Waals surface area contributed by atoms with Crippen LogP contribution in [0.2, 0.25) is 0 Å². The number of rotatable bonds is 8. The van der Waals surface area contributed by atoms with Crippen molar-refractivity contribution >= 4 is 16.1 Å². The van der Waals surface area contributed by atoms with Crippen molar-refractivity contribution in [1.82, 2.24) is 0 Å². The molecule has 0 aromatic rings. The molecule has 0 unspecified atom stereocenters. The Morgan fingerprint density at radius 1 is 1.24 bits per heavy atom. The molecular formula is C11H22O5S. The van der Waals surface area contributed by atoms with Crippen molar-refractivity contribution in [3.63, 3.8) is 0 Å².